The second-order valence-electron chi connectivity index (χ2n) is 4.77. The molecule has 1 amide bonds. The number of amides is 1. The molecule has 1 aromatic rings. The molecule has 1 heterocycles. The minimum atomic E-state index is 0.0198. The zero-order valence-electron chi connectivity index (χ0n) is 11.0. The zero-order valence-corrected chi connectivity index (χ0v) is 11.0. The van der Waals surface area contributed by atoms with Crippen LogP contribution < -0.4 is 10.5 Å². The van der Waals surface area contributed by atoms with Crippen molar-refractivity contribution in [3.63, 3.8) is 0 Å². The number of carbonyl (C=O) groups is 1. The summed E-state index contributed by atoms with van der Waals surface area (Å²) in [6, 6.07) is 5.60. The van der Waals surface area contributed by atoms with Crippen molar-refractivity contribution in [2.75, 3.05) is 19.4 Å². The Bertz CT molecular complexity index is 445. The summed E-state index contributed by atoms with van der Waals surface area (Å²) in [5.41, 5.74) is 6.91. The Morgan fingerprint density at radius 3 is 2.89 bits per heavy atom. The van der Waals surface area contributed by atoms with E-state index in [9.17, 15) is 4.79 Å². The number of anilines is 1. The van der Waals surface area contributed by atoms with Crippen LogP contribution in [0.25, 0.3) is 0 Å². The van der Waals surface area contributed by atoms with Gasteiger partial charge in [-0.15, -0.1) is 0 Å². The number of nitrogens with two attached hydrogens (primary N) is 1. The van der Waals surface area contributed by atoms with Crippen molar-refractivity contribution in [1.29, 1.82) is 0 Å². The first-order chi connectivity index (χ1) is 8.65. The fourth-order valence-electron chi connectivity index (χ4n) is 2.51. The number of methoxy groups -OCH3 is 1. The van der Waals surface area contributed by atoms with Gasteiger partial charge in [0.05, 0.1) is 18.4 Å². The lowest BCUT2D eigenvalue weighted by Gasteiger charge is -2.33. The number of rotatable bonds is 2. The lowest BCUT2D eigenvalue weighted by molar-refractivity contribution is 0.0632. The third-order valence-electron chi connectivity index (χ3n) is 3.54. The van der Waals surface area contributed by atoms with Crippen molar-refractivity contribution in [3.05, 3.63) is 23.8 Å². The molecule has 1 atom stereocenters. The molecule has 0 bridgehead atoms. The maximum absolute atomic E-state index is 12.5. The molecule has 98 valence electrons. The topological polar surface area (TPSA) is 55.6 Å². The fourth-order valence-corrected chi connectivity index (χ4v) is 2.51. The van der Waals surface area contributed by atoms with Gasteiger partial charge in [-0.25, -0.2) is 0 Å². The van der Waals surface area contributed by atoms with E-state index in [1.54, 1.807) is 25.3 Å². The first-order valence-electron chi connectivity index (χ1n) is 6.38. The molecule has 1 aromatic carbocycles. The van der Waals surface area contributed by atoms with Gasteiger partial charge in [-0.1, -0.05) is 6.07 Å². The molecule has 0 spiro atoms. The normalized spacial score (nSPS) is 19.7. The highest BCUT2D eigenvalue weighted by molar-refractivity contribution is 5.98. The van der Waals surface area contributed by atoms with E-state index in [0.29, 0.717) is 17.0 Å². The van der Waals surface area contributed by atoms with Crippen LogP contribution in [0.4, 0.5) is 5.69 Å². The van der Waals surface area contributed by atoms with Crippen LogP contribution in [0.3, 0.4) is 0 Å². The summed E-state index contributed by atoms with van der Waals surface area (Å²) in [5, 5.41) is 0. The van der Waals surface area contributed by atoms with E-state index in [-0.39, 0.29) is 11.9 Å². The minimum Gasteiger partial charge on any atom is -0.494 e. The number of hydrogen-bond donors (Lipinski definition) is 1. The monoisotopic (exact) mass is 248 g/mol. The number of likely N-dealkylation sites (tertiary alicyclic amines) is 1. The van der Waals surface area contributed by atoms with Gasteiger partial charge in [-0.2, -0.15) is 0 Å². The Balaban J connectivity index is 2.30. The molecule has 1 saturated heterocycles. The van der Waals surface area contributed by atoms with E-state index < -0.39 is 0 Å². The van der Waals surface area contributed by atoms with Crippen LogP contribution in [-0.2, 0) is 0 Å². The van der Waals surface area contributed by atoms with E-state index in [1.807, 2.05) is 4.90 Å². The largest absolute Gasteiger partial charge is 0.494 e. The Kier molecular flexibility index (Phi) is 3.75. The number of carbonyl (C=O) groups excluding carboxylic acids is 1. The summed E-state index contributed by atoms with van der Waals surface area (Å²) in [5.74, 6) is 0.506. The number of hydrogen-bond acceptors (Lipinski definition) is 3. The Morgan fingerprint density at radius 2 is 2.22 bits per heavy atom. The van der Waals surface area contributed by atoms with Crippen molar-refractivity contribution in [3.8, 4) is 5.75 Å². The molecule has 2 N–H and O–H groups in total. The number of para-hydroxylation sites is 1. The van der Waals surface area contributed by atoms with Gasteiger partial charge < -0.3 is 15.4 Å². The summed E-state index contributed by atoms with van der Waals surface area (Å²) in [7, 11) is 1.54. The number of ether oxygens (including phenoxy) is 1. The molecule has 1 unspecified atom stereocenters. The highest BCUT2D eigenvalue weighted by atomic mass is 16.5. The Hall–Kier alpha value is -1.71. The standard InChI is InChI=1S/C14H20N2O2/c1-10-6-3-4-9-16(10)14(17)11-7-5-8-12(15)13(11)18-2/h5,7-8,10H,3-4,6,9,15H2,1-2H3. The molecule has 2 rings (SSSR count). The summed E-state index contributed by atoms with van der Waals surface area (Å²) in [6.07, 6.45) is 3.33. The van der Waals surface area contributed by atoms with Crippen LogP contribution in [-0.4, -0.2) is 30.5 Å². The first-order valence-corrected chi connectivity index (χ1v) is 6.38. The maximum atomic E-state index is 12.5. The average Bonchev–Trinajstić information content (AvgIpc) is 2.38. The second kappa shape index (κ2) is 5.29. The average molecular weight is 248 g/mol. The lowest BCUT2D eigenvalue weighted by Crippen LogP contribution is -2.42. The van der Waals surface area contributed by atoms with Gasteiger partial charge >= 0.3 is 0 Å². The van der Waals surface area contributed by atoms with E-state index >= 15 is 0 Å². The molecule has 1 aliphatic rings. The van der Waals surface area contributed by atoms with Gasteiger partial charge in [0.2, 0.25) is 0 Å². The predicted octanol–water partition coefficient (Wildman–Crippen LogP) is 2.29. The van der Waals surface area contributed by atoms with Crippen molar-refractivity contribution in [1.82, 2.24) is 4.90 Å². The molecule has 1 fully saturated rings. The van der Waals surface area contributed by atoms with Crippen molar-refractivity contribution in [2.24, 2.45) is 0 Å². The third kappa shape index (κ3) is 2.28. The van der Waals surface area contributed by atoms with E-state index in [1.165, 1.54) is 6.42 Å². The highest BCUT2D eigenvalue weighted by Crippen LogP contribution is 2.29. The van der Waals surface area contributed by atoms with Gasteiger partial charge in [0.15, 0.2) is 5.75 Å². The quantitative estimate of drug-likeness (QED) is 0.817. The predicted molar refractivity (Wildman–Crippen MR) is 71.8 cm³/mol. The van der Waals surface area contributed by atoms with E-state index in [0.717, 1.165) is 19.4 Å². The van der Waals surface area contributed by atoms with Crippen LogP contribution >= 0.6 is 0 Å². The van der Waals surface area contributed by atoms with Gasteiger partial charge in [0, 0.05) is 12.6 Å². The number of nitrogens with zero attached hydrogens (tertiary/aromatic N) is 1. The molecule has 4 heteroatoms. The second-order valence-corrected chi connectivity index (χ2v) is 4.77. The van der Waals surface area contributed by atoms with Crippen LogP contribution in [0.1, 0.15) is 36.5 Å². The minimum absolute atomic E-state index is 0.0198. The molecule has 0 radical (unpaired) electrons. The first kappa shape index (κ1) is 12.7. The smallest absolute Gasteiger partial charge is 0.257 e. The maximum Gasteiger partial charge on any atom is 0.257 e. The summed E-state index contributed by atoms with van der Waals surface area (Å²) >= 11 is 0. The molecule has 0 saturated carbocycles. The van der Waals surface area contributed by atoms with Gasteiger partial charge in [0.25, 0.3) is 5.91 Å². The summed E-state index contributed by atoms with van der Waals surface area (Å²) in [6.45, 7) is 2.91. The fraction of sp³-hybridized carbons (Fsp3) is 0.500. The van der Waals surface area contributed by atoms with Crippen LogP contribution in [0.15, 0.2) is 18.2 Å². The lowest BCUT2D eigenvalue weighted by atomic mass is 10.0. The molecule has 4 nitrogen and oxygen atoms in total. The highest BCUT2D eigenvalue weighted by Gasteiger charge is 2.26. The Morgan fingerprint density at radius 1 is 1.44 bits per heavy atom. The number of benzene rings is 1. The van der Waals surface area contributed by atoms with E-state index in [2.05, 4.69) is 6.92 Å². The Labute approximate surface area is 108 Å². The van der Waals surface area contributed by atoms with Gasteiger partial charge in [-0.05, 0) is 38.3 Å². The molecular weight excluding hydrogens is 228 g/mol. The SMILES string of the molecule is COc1c(N)cccc1C(=O)N1CCCCC1C. The van der Waals surface area contributed by atoms with Crippen molar-refractivity contribution < 1.29 is 9.53 Å². The molecular formula is C14H20N2O2. The van der Waals surface area contributed by atoms with Crippen LogP contribution in [0, 0.1) is 0 Å². The van der Waals surface area contributed by atoms with Crippen LogP contribution in [0.2, 0.25) is 0 Å². The molecule has 0 aliphatic carbocycles. The summed E-state index contributed by atoms with van der Waals surface area (Å²) in [4.78, 5) is 14.4. The number of nitrogen functional groups attached to an aromatic ring is 1. The van der Waals surface area contributed by atoms with Crippen LogP contribution in [0.5, 0.6) is 5.75 Å². The van der Waals surface area contributed by atoms with E-state index in [4.69, 9.17) is 10.5 Å². The van der Waals surface area contributed by atoms with Gasteiger partial charge in [-0.3, -0.25) is 4.79 Å². The zero-order chi connectivity index (χ0) is 13.1. The third-order valence-corrected chi connectivity index (χ3v) is 3.54. The van der Waals surface area contributed by atoms with Crippen molar-refractivity contribution >= 4 is 11.6 Å². The van der Waals surface area contributed by atoms with Gasteiger partial charge in [0.1, 0.15) is 0 Å². The molecule has 1 aliphatic heterocycles. The number of piperidine rings is 1. The summed E-state index contributed by atoms with van der Waals surface area (Å²) < 4.78 is 5.25. The van der Waals surface area contributed by atoms with Crippen molar-refractivity contribution in [2.45, 2.75) is 32.2 Å². The molecule has 0 aromatic heterocycles. The molecule has 18 heavy (non-hydrogen) atoms.